The van der Waals surface area contributed by atoms with E-state index in [0.717, 1.165) is 23.3 Å². The number of halogens is 1. The lowest BCUT2D eigenvalue weighted by Gasteiger charge is -2.10. The van der Waals surface area contributed by atoms with Crippen LogP contribution in [0.3, 0.4) is 0 Å². The molecule has 0 bridgehead atoms. The molecule has 0 saturated carbocycles. The van der Waals surface area contributed by atoms with Crippen LogP contribution >= 0.6 is 15.9 Å². The van der Waals surface area contributed by atoms with Gasteiger partial charge in [-0.25, -0.2) is 0 Å². The molecular formula is C12H18BrNO2S. The first kappa shape index (κ1) is 14.7. The molecule has 0 spiro atoms. The van der Waals surface area contributed by atoms with Crippen LogP contribution in [0, 0.1) is 0 Å². The van der Waals surface area contributed by atoms with E-state index in [1.807, 2.05) is 31.2 Å². The fraction of sp³-hybridized carbons (Fsp3) is 0.500. The van der Waals surface area contributed by atoms with Crippen molar-refractivity contribution >= 4 is 26.7 Å². The van der Waals surface area contributed by atoms with Gasteiger partial charge in [0.05, 0.1) is 0 Å². The first-order valence-electron chi connectivity index (χ1n) is 5.51. The van der Waals surface area contributed by atoms with Crippen LogP contribution in [0.5, 0.6) is 5.75 Å². The Balaban J connectivity index is 2.14. The molecule has 17 heavy (non-hydrogen) atoms. The third-order valence-electron chi connectivity index (χ3n) is 2.34. The highest BCUT2D eigenvalue weighted by Gasteiger charge is 2.04. The van der Waals surface area contributed by atoms with Crippen LogP contribution in [-0.2, 0) is 10.8 Å². The molecule has 0 heterocycles. The normalized spacial score (nSPS) is 14.3. The smallest absolute Gasteiger partial charge is 0.120 e. The van der Waals surface area contributed by atoms with Gasteiger partial charge < -0.3 is 10.1 Å². The Hall–Kier alpha value is -0.390. The van der Waals surface area contributed by atoms with Gasteiger partial charge in [-0.1, -0.05) is 22.0 Å². The summed E-state index contributed by atoms with van der Waals surface area (Å²) >= 11 is 3.39. The van der Waals surface area contributed by atoms with E-state index in [9.17, 15) is 4.21 Å². The van der Waals surface area contributed by atoms with Crippen LogP contribution in [0.1, 0.15) is 6.92 Å². The van der Waals surface area contributed by atoms with Crippen LogP contribution in [0.15, 0.2) is 28.7 Å². The van der Waals surface area contributed by atoms with E-state index < -0.39 is 10.8 Å². The molecule has 96 valence electrons. The fourth-order valence-electron chi connectivity index (χ4n) is 1.22. The van der Waals surface area contributed by atoms with Gasteiger partial charge in [-0.05, 0) is 25.1 Å². The zero-order valence-corrected chi connectivity index (χ0v) is 12.5. The lowest BCUT2D eigenvalue weighted by atomic mass is 10.3. The predicted molar refractivity (Wildman–Crippen MR) is 76.0 cm³/mol. The van der Waals surface area contributed by atoms with Crippen LogP contribution in [0.4, 0.5) is 0 Å². The third-order valence-corrected chi connectivity index (χ3v) is 4.14. The van der Waals surface area contributed by atoms with Crippen molar-refractivity contribution in [2.24, 2.45) is 0 Å². The minimum Gasteiger partial charge on any atom is -0.492 e. The van der Waals surface area contributed by atoms with Crippen molar-refractivity contribution in [2.45, 2.75) is 12.2 Å². The van der Waals surface area contributed by atoms with Crippen LogP contribution in [-0.4, -0.2) is 35.4 Å². The quantitative estimate of drug-likeness (QED) is 0.783. The van der Waals surface area contributed by atoms with Crippen molar-refractivity contribution in [3.8, 4) is 5.75 Å². The molecule has 0 aromatic heterocycles. The van der Waals surface area contributed by atoms with E-state index in [1.54, 1.807) is 6.26 Å². The summed E-state index contributed by atoms with van der Waals surface area (Å²) in [6, 6.07) is 7.76. The van der Waals surface area contributed by atoms with Crippen molar-refractivity contribution in [1.29, 1.82) is 0 Å². The fourth-order valence-corrected chi connectivity index (χ4v) is 1.95. The number of hydrogen-bond donors (Lipinski definition) is 1. The number of hydrogen-bond acceptors (Lipinski definition) is 3. The van der Waals surface area contributed by atoms with Crippen molar-refractivity contribution in [3.63, 3.8) is 0 Å². The summed E-state index contributed by atoms with van der Waals surface area (Å²) in [5.41, 5.74) is 0. The summed E-state index contributed by atoms with van der Waals surface area (Å²) in [5.74, 6) is 0.855. The Bertz CT molecular complexity index is 373. The molecule has 1 aromatic carbocycles. The van der Waals surface area contributed by atoms with E-state index >= 15 is 0 Å². The average molecular weight is 320 g/mol. The van der Waals surface area contributed by atoms with Crippen molar-refractivity contribution in [3.05, 3.63) is 28.7 Å². The van der Waals surface area contributed by atoms with Crippen molar-refractivity contribution in [1.82, 2.24) is 5.32 Å². The second kappa shape index (κ2) is 7.84. The SMILES string of the molecule is CC(CNCCOc1cccc(Br)c1)S(C)=O. The maximum absolute atomic E-state index is 11.1. The Morgan fingerprint density at radius 1 is 1.53 bits per heavy atom. The molecule has 3 nitrogen and oxygen atoms in total. The average Bonchev–Trinajstić information content (AvgIpc) is 2.28. The molecule has 0 amide bonds. The number of rotatable bonds is 7. The highest BCUT2D eigenvalue weighted by molar-refractivity contribution is 9.10. The first-order valence-corrected chi connectivity index (χ1v) is 7.92. The molecule has 0 aliphatic carbocycles. The molecule has 5 heteroatoms. The van der Waals surface area contributed by atoms with E-state index in [4.69, 9.17) is 4.74 Å². The Morgan fingerprint density at radius 3 is 2.94 bits per heavy atom. The summed E-state index contributed by atoms with van der Waals surface area (Å²) in [6.07, 6.45) is 1.73. The van der Waals surface area contributed by atoms with Crippen LogP contribution in [0.25, 0.3) is 0 Å². The lowest BCUT2D eigenvalue weighted by Crippen LogP contribution is -2.30. The standard InChI is InChI=1S/C12H18BrNO2S/c1-10(17(2)15)9-14-6-7-16-12-5-3-4-11(13)8-12/h3-5,8,10,14H,6-7,9H2,1-2H3. The summed E-state index contributed by atoms with van der Waals surface area (Å²) in [6.45, 7) is 4.09. The molecule has 0 aliphatic rings. The zero-order chi connectivity index (χ0) is 12.7. The minimum atomic E-state index is -0.764. The van der Waals surface area contributed by atoms with Crippen molar-refractivity contribution in [2.75, 3.05) is 26.0 Å². The number of ether oxygens (including phenoxy) is 1. The molecule has 0 fully saturated rings. The Labute approximate surface area is 114 Å². The van der Waals surface area contributed by atoms with Gasteiger partial charge in [0.1, 0.15) is 12.4 Å². The van der Waals surface area contributed by atoms with Gasteiger partial charge in [-0.2, -0.15) is 0 Å². The molecule has 2 atom stereocenters. The van der Waals surface area contributed by atoms with Gasteiger partial charge in [0.25, 0.3) is 0 Å². The number of nitrogens with one attached hydrogen (secondary N) is 1. The largest absolute Gasteiger partial charge is 0.492 e. The second-order valence-corrected chi connectivity index (χ2v) is 6.54. The zero-order valence-electron chi connectivity index (χ0n) is 10.1. The maximum Gasteiger partial charge on any atom is 0.120 e. The first-order chi connectivity index (χ1) is 8.09. The predicted octanol–water partition coefficient (Wildman–Crippen LogP) is 2.18. The highest BCUT2D eigenvalue weighted by Crippen LogP contribution is 2.17. The molecule has 1 rings (SSSR count). The van der Waals surface area contributed by atoms with Gasteiger partial charge in [0.15, 0.2) is 0 Å². The molecule has 0 aliphatic heterocycles. The van der Waals surface area contributed by atoms with E-state index in [1.165, 1.54) is 0 Å². The summed E-state index contributed by atoms with van der Waals surface area (Å²) in [5, 5.41) is 3.40. The second-order valence-electron chi connectivity index (χ2n) is 3.82. The summed E-state index contributed by atoms with van der Waals surface area (Å²) in [4.78, 5) is 0. The van der Waals surface area contributed by atoms with Gasteiger partial charge in [-0.3, -0.25) is 4.21 Å². The Kier molecular flexibility index (Phi) is 6.77. The molecular weight excluding hydrogens is 302 g/mol. The van der Waals surface area contributed by atoms with Crippen molar-refractivity contribution < 1.29 is 8.95 Å². The summed E-state index contributed by atoms with van der Waals surface area (Å²) < 4.78 is 17.7. The maximum atomic E-state index is 11.1. The van der Waals surface area contributed by atoms with Gasteiger partial charge >= 0.3 is 0 Å². The molecule has 1 aromatic rings. The van der Waals surface area contributed by atoms with Crippen LogP contribution < -0.4 is 10.1 Å². The lowest BCUT2D eigenvalue weighted by molar-refractivity contribution is 0.314. The topological polar surface area (TPSA) is 38.3 Å². The molecule has 2 unspecified atom stereocenters. The van der Waals surface area contributed by atoms with E-state index in [-0.39, 0.29) is 5.25 Å². The highest BCUT2D eigenvalue weighted by atomic mass is 79.9. The molecule has 1 N–H and O–H groups in total. The van der Waals surface area contributed by atoms with E-state index in [2.05, 4.69) is 21.2 Å². The molecule has 0 saturated heterocycles. The van der Waals surface area contributed by atoms with Gasteiger partial charge in [0.2, 0.25) is 0 Å². The van der Waals surface area contributed by atoms with Gasteiger partial charge in [-0.15, -0.1) is 0 Å². The summed E-state index contributed by atoms with van der Waals surface area (Å²) in [7, 11) is -0.764. The van der Waals surface area contributed by atoms with E-state index in [0.29, 0.717) is 6.61 Å². The third kappa shape index (κ3) is 6.19. The molecule has 0 radical (unpaired) electrons. The Morgan fingerprint density at radius 2 is 2.29 bits per heavy atom. The monoisotopic (exact) mass is 319 g/mol. The number of benzene rings is 1. The van der Waals surface area contributed by atoms with Gasteiger partial charge in [0, 0.05) is 39.9 Å². The minimum absolute atomic E-state index is 0.181. The van der Waals surface area contributed by atoms with Crippen LogP contribution in [0.2, 0.25) is 0 Å².